The summed E-state index contributed by atoms with van der Waals surface area (Å²) in [4.78, 5) is 14.3. The fourth-order valence-electron chi connectivity index (χ4n) is 2.95. The number of amides is 1. The molecule has 1 aliphatic heterocycles. The second-order valence-corrected chi connectivity index (χ2v) is 8.16. The van der Waals surface area contributed by atoms with Gasteiger partial charge in [0.15, 0.2) is 0 Å². The number of carbonyl (C=O) groups is 1. The van der Waals surface area contributed by atoms with E-state index in [-0.39, 0.29) is 16.7 Å². The smallest absolute Gasteiger partial charge is 0.243 e. The third-order valence-electron chi connectivity index (χ3n) is 4.67. The molecule has 0 N–H and O–H groups in total. The Kier molecular flexibility index (Phi) is 4.33. The van der Waals surface area contributed by atoms with E-state index in [4.69, 9.17) is 4.74 Å². The highest BCUT2D eigenvalue weighted by Gasteiger charge is 2.42. The zero-order valence-corrected chi connectivity index (χ0v) is 14.3. The van der Waals surface area contributed by atoms with Crippen LogP contribution in [0, 0.1) is 11.8 Å². The molecule has 6 nitrogen and oxygen atoms in total. The lowest BCUT2D eigenvalue weighted by molar-refractivity contribution is -0.134. The molecule has 0 unspecified atom stereocenters. The van der Waals surface area contributed by atoms with Crippen molar-refractivity contribution >= 4 is 15.9 Å². The van der Waals surface area contributed by atoms with Gasteiger partial charge < -0.3 is 9.64 Å². The summed E-state index contributed by atoms with van der Waals surface area (Å²) < 4.78 is 31.8. The minimum Gasteiger partial charge on any atom is -0.497 e. The highest BCUT2D eigenvalue weighted by Crippen LogP contribution is 2.39. The fourth-order valence-corrected chi connectivity index (χ4v) is 4.37. The van der Waals surface area contributed by atoms with Gasteiger partial charge in [0.25, 0.3) is 0 Å². The van der Waals surface area contributed by atoms with E-state index in [0.29, 0.717) is 37.8 Å². The van der Waals surface area contributed by atoms with Crippen LogP contribution in [0.4, 0.5) is 0 Å². The van der Waals surface area contributed by atoms with E-state index in [2.05, 4.69) is 6.92 Å². The average Bonchev–Trinajstić information content (AvgIpc) is 3.31. The molecule has 1 aromatic rings. The summed E-state index contributed by atoms with van der Waals surface area (Å²) in [6, 6.07) is 6.39. The van der Waals surface area contributed by atoms with Crippen molar-refractivity contribution in [1.82, 2.24) is 9.21 Å². The number of ether oxygens (including phenoxy) is 1. The summed E-state index contributed by atoms with van der Waals surface area (Å²) in [5.74, 6) is 1.43. The van der Waals surface area contributed by atoms with Gasteiger partial charge in [-0.1, -0.05) is 6.92 Å². The van der Waals surface area contributed by atoms with Crippen molar-refractivity contribution in [3.05, 3.63) is 24.3 Å². The maximum Gasteiger partial charge on any atom is 0.243 e. The van der Waals surface area contributed by atoms with E-state index in [1.807, 2.05) is 0 Å². The summed E-state index contributed by atoms with van der Waals surface area (Å²) in [5, 5.41) is 0. The van der Waals surface area contributed by atoms with Gasteiger partial charge in [-0.05, 0) is 36.6 Å². The van der Waals surface area contributed by atoms with Crippen LogP contribution in [0.2, 0.25) is 0 Å². The summed E-state index contributed by atoms with van der Waals surface area (Å²) in [6.45, 7) is 3.71. The molecule has 1 saturated carbocycles. The number of rotatable bonds is 4. The van der Waals surface area contributed by atoms with E-state index < -0.39 is 10.0 Å². The summed E-state index contributed by atoms with van der Waals surface area (Å²) in [5.41, 5.74) is 0. The number of nitrogens with zero attached hydrogens (tertiary/aromatic N) is 2. The third kappa shape index (κ3) is 3.21. The number of hydrogen-bond donors (Lipinski definition) is 0. The molecule has 2 fully saturated rings. The number of sulfonamides is 1. The molecule has 2 atom stereocenters. The summed E-state index contributed by atoms with van der Waals surface area (Å²) >= 11 is 0. The van der Waals surface area contributed by atoms with Gasteiger partial charge in [-0.15, -0.1) is 0 Å². The number of hydrogen-bond acceptors (Lipinski definition) is 4. The van der Waals surface area contributed by atoms with Crippen molar-refractivity contribution in [1.29, 1.82) is 0 Å². The predicted octanol–water partition coefficient (Wildman–Crippen LogP) is 1.18. The van der Waals surface area contributed by atoms with Crippen molar-refractivity contribution in [2.75, 3.05) is 33.3 Å². The molecule has 0 bridgehead atoms. The Balaban J connectivity index is 1.64. The lowest BCUT2D eigenvalue weighted by Crippen LogP contribution is -2.51. The van der Waals surface area contributed by atoms with Crippen molar-refractivity contribution in [3.8, 4) is 5.75 Å². The number of piperazine rings is 1. The van der Waals surface area contributed by atoms with Crippen LogP contribution in [0.3, 0.4) is 0 Å². The van der Waals surface area contributed by atoms with Crippen molar-refractivity contribution < 1.29 is 17.9 Å². The van der Waals surface area contributed by atoms with Crippen LogP contribution in [-0.2, 0) is 14.8 Å². The van der Waals surface area contributed by atoms with Crippen LogP contribution in [0.1, 0.15) is 13.3 Å². The maximum atomic E-state index is 12.6. The van der Waals surface area contributed by atoms with Crippen molar-refractivity contribution in [2.24, 2.45) is 11.8 Å². The lowest BCUT2D eigenvalue weighted by Gasteiger charge is -2.34. The van der Waals surface area contributed by atoms with E-state index in [1.54, 1.807) is 36.3 Å². The molecule has 2 aliphatic rings. The molecule has 1 saturated heterocycles. The predicted molar refractivity (Wildman–Crippen MR) is 85.6 cm³/mol. The molecule has 0 aromatic heterocycles. The average molecular weight is 338 g/mol. The van der Waals surface area contributed by atoms with Gasteiger partial charge in [0, 0.05) is 32.1 Å². The Hall–Kier alpha value is -1.60. The van der Waals surface area contributed by atoms with Crippen molar-refractivity contribution in [2.45, 2.75) is 18.2 Å². The molecule has 126 valence electrons. The van der Waals surface area contributed by atoms with Gasteiger partial charge in [0.1, 0.15) is 5.75 Å². The minimum atomic E-state index is -3.51. The second-order valence-electron chi connectivity index (χ2n) is 6.22. The SMILES string of the molecule is COc1ccc(S(=O)(=O)N2CCN(C(=O)[C@H]3C[C@@H]3C)CC2)cc1. The van der Waals surface area contributed by atoms with Crippen LogP contribution in [0.15, 0.2) is 29.2 Å². The molecule has 0 spiro atoms. The standard InChI is InChI=1S/C16H22N2O4S/c1-12-11-15(12)16(19)17-7-9-18(10-8-17)23(20,21)14-5-3-13(22-2)4-6-14/h3-6,12,15H,7-11H2,1-2H3/t12-,15-/m0/s1. The van der Waals surface area contributed by atoms with E-state index in [0.717, 1.165) is 6.42 Å². The zero-order chi connectivity index (χ0) is 16.6. The maximum absolute atomic E-state index is 12.6. The van der Waals surface area contributed by atoms with Gasteiger partial charge in [0.2, 0.25) is 15.9 Å². The molecule has 0 radical (unpaired) electrons. The fraction of sp³-hybridized carbons (Fsp3) is 0.562. The van der Waals surface area contributed by atoms with Crippen LogP contribution >= 0.6 is 0 Å². The van der Waals surface area contributed by atoms with Gasteiger partial charge in [-0.25, -0.2) is 8.42 Å². The molecular weight excluding hydrogens is 316 g/mol. The van der Waals surface area contributed by atoms with E-state index in [1.165, 1.54) is 4.31 Å². The molecule has 3 rings (SSSR count). The topological polar surface area (TPSA) is 66.9 Å². The molecular formula is C16H22N2O4S. The summed E-state index contributed by atoms with van der Waals surface area (Å²) in [6.07, 6.45) is 0.962. The minimum absolute atomic E-state index is 0.153. The lowest BCUT2D eigenvalue weighted by atomic mass is 10.2. The van der Waals surface area contributed by atoms with E-state index in [9.17, 15) is 13.2 Å². The number of methoxy groups -OCH3 is 1. The molecule has 1 aliphatic carbocycles. The van der Waals surface area contributed by atoms with Crippen LogP contribution in [-0.4, -0.2) is 56.8 Å². The molecule has 1 aromatic carbocycles. The third-order valence-corrected chi connectivity index (χ3v) is 6.59. The first-order valence-corrected chi connectivity index (χ1v) is 9.30. The van der Waals surface area contributed by atoms with Gasteiger partial charge in [-0.3, -0.25) is 4.79 Å². The molecule has 7 heteroatoms. The monoisotopic (exact) mass is 338 g/mol. The van der Waals surface area contributed by atoms with Gasteiger partial charge in [-0.2, -0.15) is 4.31 Å². The molecule has 1 heterocycles. The van der Waals surface area contributed by atoms with Crippen LogP contribution < -0.4 is 4.74 Å². The Morgan fingerprint density at radius 1 is 1.13 bits per heavy atom. The highest BCUT2D eigenvalue weighted by molar-refractivity contribution is 7.89. The highest BCUT2D eigenvalue weighted by atomic mass is 32.2. The normalized spacial score (nSPS) is 25.2. The largest absolute Gasteiger partial charge is 0.497 e. The van der Waals surface area contributed by atoms with Crippen LogP contribution in [0.5, 0.6) is 5.75 Å². The van der Waals surface area contributed by atoms with Crippen molar-refractivity contribution in [3.63, 3.8) is 0 Å². The molecule has 23 heavy (non-hydrogen) atoms. The van der Waals surface area contributed by atoms with E-state index >= 15 is 0 Å². The Bertz CT molecular complexity index is 679. The first-order chi connectivity index (χ1) is 10.9. The second kappa shape index (κ2) is 6.13. The quantitative estimate of drug-likeness (QED) is 0.827. The number of benzene rings is 1. The first kappa shape index (κ1) is 16.3. The first-order valence-electron chi connectivity index (χ1n) is 7.86. The van der Waals surface area contributed by atoms with Crippen LogP contribution in [0.25, 0.3) is 0 Å². The zero-order valence-electron chi connectivity index (χ0n) is 13.4. The number of carbonyl (C=O) groups excluding carboxylic acids is 1. The van der Waals surface area contributed by atoms with Gasteiger partial charge >= 0.3 is 0 Å². The summed E-state index contributed by atoms with van der Waals surface area (Å²) in [7, 11) is -1.97. The molecule has 1 amide bonds. The Labute approximate surface area is 137 Å². The van der Waals surface area contributed by atoms with Gasteiger partial charge in [0.05, 0.1) is 12.0 Å². The Morgan fingerprint density at radius 2 is 1.70 bits per heavy atom. The Morgan fingerprint density at radius 3 is 2.17 bits per heavy atom.